The Morgan fingerprint density at radius 2 is 1.52 bits per heavy atom. The van der Waals surface area contributed by atoms with Gasteiger partial charge in [-0.15, -0.1) is 0 Å². The molecule has 0 aromatic heterocycles. The van der Waals surface area contributed by atoms with Gasteiger partial charge in [0.1, 0.15) is 5.75 Å². The number of anilines is 1. The number of Topliss-reactive ketones (excluding diaryl/α,β-unsaturated/α-hetero) is 1. The van der Waals surface area contributed by atoms with Crippen LogP contribution in [0.1, 0.15) is 52.4 Å². The van der Waals surface area contributed by atoms with Crippen LogP contribution in [-0.4, -0.2) is 24.7 Å². The molecule has 7 rings (SSSR count). The summed E-state index contributed by atoms with van der Waals surface area (Å²) in [6.45, 7) is 3.56. The van der Waals surface area contributed by atoms with Crippen molar-refractivity contribution in [1.29, 1.82) is 0 Å². The number of methoxy groups -OCH3 is 1. The average molecular weight is 437 g/mol. The maximum absolute atomic E-state index is 14.1. The lowest BCUT2D eigenvalue weighted by atomic mass is 9.48. The van der Waals surface area contributed by atoms with E-state index in [1.807, 2.05) is 24.3 Å². The number of benzene rings is 3. The van der Waals surface area contributed by atoms with Crippen molar-refractivity contribution < 1.29 is 19.1 Å². The number of rotatable bonds is 3. The molecule has 0 N–H and O–H groups in total. The molecule has 2 bridgehead atoms. The van der Waals surface area contributed by atoms with Gasteiger partial charge in [0.2, 0.25) is 11.8 Å². The van der Waals surface area contributed by atoms with Crippen LogP contribution in [0.3, 0.4) is 0 Å². The van der Waals surface area contributed by atoms with Gasteiger partial charge in [0, 0.05) is 16.9 Å². The zero-order chi connectivity index (χ0) is 23.1. The summed E-state index contributed by atoms with van der Waals surface area (Å²) in [5.74, 6) is -1.42. The lowest BCUT2D eigenvalue weighted by Gasteiger charge is -2.52. The second-order valence-electron chi connectivity index (χ2n) is 9.31. The molecule has 33 heavy (non-hydrogen) atoms. The van der Waals surface area contributed by atoms with Gasteiger partial charge >= 0.3 is 0 Å². The van der Waals surface area contributed by atoms with Crippen LogP contribution in [0.2, 0.25) is 0 Å². The van der Waals surface area contributed by atoms with Crippen LogP contribution in [0.15, 0.2) is 66.7 Å². The fourth-order valence-corrected chi connectivity index (χ4v) is 6.47. The summed E-state index contributed by atoms with van der Waals surface area (Å²) in [6.07, 6.45) is 0. The molecule has 3 aliphatic carbocycles. The van der Waals surface area contributed by atoms with Crippen LogP contribution >= 0.6 is 0 Å². The molecule has 1 aliphatic heterocycles. The number of imide groups is 1. The molecule has 5 heteroatoms. The fourth-order valence-electron chi connectivity index (χ4n) is 6.47. The summed E-state index contributed by atoms with van der Waals surface area (Å²) in [4.78, 5) is 41.4. The summed E-state index contributed by atoms with van der Waals surface area (Å²) in [5.41, 5.74) is 4.61. The Hall–Kier alpha value is -3.73. The third-order valence-electron chi connectivity index (χ3n) is 7.87. The van der Waals surface area contributed by atoms with Crippen molar-refractivity contribution >= 4 is 23.3 Å². The number of hydrogen-bond acceptors (Lipinski definition) is 4. The first-order valence-electron chi connectivity index (χ1n) is 11.1. The van der Waals surface area contributed by atoms with Crippen LogP contribution < -0.4 is 9.64 Å². The van der Waals surface area contributed by atoms with E-state index in [4.69, 9.17) is 4.74 Å². The van der Waals surface area contributed by atoms with Gasteiger partial charge in [-0.1, -0.05) is 55.5 Å². The smallest absolute Gasteiger partial charge is 0.239 e. The van der Waals surface area contributed by atoms with E-state index in [2.05, 4.69) is 31.2 Å². The Morgan fingerprint density at radius 1 is 0.909 bits per heavy atom. The van der Waals surface area contributed by atoms with Gasteiger partial charge in [-0.2, -0.15) is 0 Å². The maximum Gasteiger partial charge on any atom is 0.239 e. The normalized spacial score (nSPS) is 26.6. The molecule has 1 heterocycles. The summed E-state index contributed by atoms with van der Waals surface area (Å²) < 4.78 is 5.50. The SMILES string of the molecule is COc1ccc(C(C)=O)cc1N1C(=O)C2C3c4ccccc4C(C)(c4ccccc43)C2C1=O. The summed E-state index contributed by atoms with van der Waals surface area (Å²) in [5, 5.41) is 0. The molecule has 2 atom stereocenters. The second-order valence-corrected chi connectivity index (χ2v) is 9.31. The number of hydrogen-bond donors (Lipinski definition) is 0. The molecular weight excluding hydrogens is 414 g/mol. The molecule has 1 saturated heterocycles. The Balaban J connectivity index is 1.59. The molecule has 3 aromatic rings. The number of amides is 2. The largest absolute Gasteiger partial charge is 0.495 e. The van der Waals surface area contributed by atoms with Crippen molar-refractivity contribution in [2.24, 2.45) is 11.8 Å². The van der Waals surface area contributed by atoms with Crippen molar-refractivity contribution in [3.8, 4) is 5.75 Å². The van der Waals surface area contributed by atoms with Gasteiger partial charge in [0.25, 0.3) is 0 Å². The molecule has 0 radical (unpaired) electrons. The standard InChI is InChI=1S/C28H23NO4/c1-15(30)16-12-13-22(33-3)21(14-16)29-26(31)24-23-17-8-4-6-10-19(17)28(2,25(24)27(29)32)20-11-7-5-9-18(20)23/h4-14,23-25H,1-3H3. The van der Waals surface area contributed by atoms with E-state index in [1.54, 1.807) is 18.2 Å². The fraction of sp³-hybridized carbons (Fsp3) is 0.250. The van der Waals surface area contributed by atoms with Gasteiger partial charge in [-0.25, -0.2) is 4.90 Å². The number of nitrogens with zero attached hydrogens (tertiary/aromatic N) is 1. The highest BCUT2D eigenvalue weighted by molar-refractivity contribution is 6.24. The summed E-state index contributed by atoms with van der Waals surface area (Å²) in [7, 11) is 1.50. The molecule has 164 valence electrons. The van der Waals surface area contributed by atoms with Gasteiger partial charge in [-0.05, 0) is 47.4 Å². The Morgan fingerprint density at radius 3 is 2.09 bits per heavy atom. The van der Waals surface area contributed by atoms with E-state index < -0.39 is 17.3 Å². The van der Waals surface area contributed by atoms with Crippen LogP contribution in [0.4, 0.5) is 5.69 Å². The van der Waals surface area contributed by atoms with E-state index in [1.165, 1.54) is 18.9 Å². The molecular formula is C28H23NO4. The molecule has 0 spiro atoms. The second kappa shape index (κ2) is 6.64. The van der Waals surface area contributed by atoms with E-state index in [0.717, 1.165) is 22.3 Å². The van der Waals surface area contributed by atoms with Crippen molar-refractivity contribution in [2.45, 2.75) is 25.2 Å². The first-order valence-corrected chi connectivity index (χ1v) is 11.1. The third kappa shape index (κ3) is 2.34. The topological polar surface area (TPSA) is 63.7 Å². The Bertz CT molecular complexity index is 1330. The summed E-state index contributed by atoms with van der Waals surface area (Å²) in [6, 6.07) is 21.2. The van der Waals surface area contributed by atoms with Crippen LogP contribution in [0.5, 0.6) is 5.75 Å². The molecule has 5 nitrogen and oxygen atoms in total. The van der Waals surface area contributed by atoms with Crippen LogP contribution in [0, 0.1) is 11.8 Å². The number of ketones is 1. The minimum Gasteiger partial charge on any atom is -0.495 e. The minimum atomic E-state index is -0.625. The van der Waals surface area contributed by atoms with E-state index >= 15 is 0 Å². The third-order valence-corrected chi connectivity index (χ3v) is 7.87. The lowest BCUT2D eigenvalue weighted by Crippen LogP contribution is -2.51. The monoisotopic (exact) mass is 437 g/mol. The van der Waals surface area contributed by atoms with Gasteiger partial charge in [0.05, 0.1) is 24.6 Å². The van der Waals surface area contributed by atoms with Crippen molar-refractivity contribution in [3.05, 3.63) is 94.5 Å². The molecule has 2 amide bonds. The molecule has 2 unspecified atom stereocenters. The summed E-state index contributed by atoms with van der Waals surface area (Å²) >= 11 is 0. The maximum atomic E-state index is 14.1. The molecule has 4 aliphatic rings. The van der Waals surface area contributed by atoms with E-state index in [9.17, 15) is 14.4 Å². The zero-order valence-electron chi connectivity index (χ0n) is 18.7. The minimum absolute atomic E-state index is 0.137. The predicted molar refractivity (Wildman–Crippen MR) is 124 cm³/mol. The zero-order valence-corrected chi connectivity index (χ0v) is 18.7. The van der Waals surface area contributed by atoms with E-state index in [-0.39, 0.29) is 23.5 Å². The Labute approximate surface area is 192 Å². The van der Waals surface area contributed by atoms with Crippen LogP contribution in [0.25, 0.3) is 0 Å². The van der Waals surface area contributed by atoms with Crippen molar-refractivity contribution in [3.63, 3.8) is 0 Å². The molecule has 3 aromatic carbocycles. The number of carbonyl (C=O) groups is 3. The van der Waals surface area contributed by atoms with Crippen LogP contribution in [-0.2, 0) is 15.0 Å². The highest BCUT2D eigenvalue weighted by Gasteiger charge is 2.66. The quantitative estimate of drug-likeness (QED) is 0.448. The van der Waals surface area contributed by atoms with Gasteiger partial charge < -0.3 is 4.74 Å². The first kappa shape index (κ1) is 19.9. The van der Waals surface area contributed by atoms with Gasteiger partial charge in [0.15, 0.2) is 5.78 Å². The predicted octanol–water partition coefficient (Wildman–Crippen LogP) is 4.47. The van der Waals surface area contributed by atoms with Crippen molar-refractivity contribution in [2.75, 3.05) is 12.0 Å². The lowest BCUT2D eigenvalue weighted by molar-refractivity contribution is -0.123. The number of ether oxygens (including phenoxy) is 1. The van der Waals surface area contributed by atoms with E-state index in [0.29, 0.717) is 17.0 Å². The first-order chi connectivity index (χ1) is 15.9. The highest BCUT2D eigenvalue weighted by atomic mass is 16.5. The van der Waals surface area contributed by atoms with Gasteiger partial charge in [-0.3, -0.25) is 14.4 Å². The average Bonchev–Trinajstić information content (AvgIpc) is 3.10. The molecule has 1 fully saturated rings. The Kier molecular flexibility index (Phi) is 4.01. The van der Waals surface area contributed by atoms with Crippen molar-refractivity contribution in [1.82, 2.24) is 0 Å². The number of carbonyl (C=O) groups excluding carboxylic acids is 3. The highest BCUT2D eigenvalue weighted by Crippen LogP contribution is 2.64. The molecule has 0 saturated carbocycles.